The Morgan fingerprint density at radius 1 is 1.75 bits per heavy atom. The zero-order chi connectivity index (χ0) is 8.97. The third-order valence-electron chi connectivity index (χ3n) is 1.17. The first-order chi connectivity index (χ1) is 5.74. The van der Waals surface area contributed by atoms with Crippen molar-refractivity contribution in [1.29, 1.82) is 0 Å². The SMILES string of the molecule is O=[N+]([O-])Oc1cccnc1CO. The smallest absolute Gasteiger partial charge is 0.299 e. The number of aliphatic hydroxyl groups excluding tert-OH is 1. The number of pyridine rings is 1. The van der Waals surface area contributed by atoms with Gasteiger partial charge in [-0.15, -0.1) is 10.1 Å². The summed E-state index contributed by atoms with van der Waals surface area (Å²) in [6, 6.07) is 2.85. The highest BCUT2D eigenvalue weighted by molar-refractivity contribution is 5.25. The maximum absolute atomic E-state index is 9.91. The van der Waals surface area contributed by atoms with Gasteiger partial charge in [-0.1, -0.05) is 0 Å². The number of nitrogens with zero attached hydrogens (tertiary/aromatic N) is 2. The fourth-order valence-corrected chi connectivity index (χ4v) is 0.705. The molecule has 6 nitrogen and oxygen atoms in total. The number of aromatic nitrogens is 1. The van der Waals surface area contributed by atoms with Crippen LogP contribution in [0.15, 0.2) is 18.3 Å². The number of hydrogen-bond donors (Lipinski definition) is 1. The van der Waals surface area contributed by atoms with E-state index >= 15 is 0 Å². The fraction of sp³-hybridized carbons (Fsp3) is 0.167. The van der Waals surface area contributed by atoms with Gasteiger partial charge >= 0.3 is 0 Å². The van der Waals surface area contributed by atoms with Crippen LogP contribution in [-0.2, 0) is 6.61 Å². The van der Waals surface area contributed by atoms with Gasteiger partial charge in [-0.2, -0.15) is 0 Å². The lowest BCUT2D eigenvalue weighted by Crippen LogP contribution is -2.06. The summed E-state index contributed by atoms with van der Waals surface area (Å²) in [5.74, 6) is -0.0370. The van der Waals surface area contributed by atoms with E-state index in [1.54, 1.807) is 0 Å². The molecule has 12 heavy (non-hydrogen) atoms. The summed E-state index contributed by atoms with van der Waals surface area (Å²) >= 11 is 0. The summed E-state index contributed by atoms with van der Waals surface area (Å²) in [5.41, 5.74) is 0.147. The highest BCUT2D eigenvalue weighted by atomic mass is 17.0. The minimum atomic E-state index is -0.948. The molecule has 0 unspecified atom stereocenters. The van der Waals surface area contributed by atoms with Crippen LogP contribution < -0.4 is 4.84 Å². The molecule has 0 aliphatic carbocycles. The van der Waals surface area contributed by atoms with E-state index in [1.165, 1.54) is 18.3 Å². The van der Waals surface area contributed by atoms with Gasteiger partial charge in [0.1, 0.15) is 5.75 Å². The van der Waals surface area contributed by atoms with Crippen molar-refractivity contribution in [1.82, 2.24) is 4.98 Å². The van der Waals surface area contributed by atoms with Crippen molar-refractivity contribution in [3.05, 3.63) is 34.1 Å². The van der Waals surface area contributed by atoms with Gasteiger partial charge in [-0.05, 0) is 12.1 Å². The molecule has 1 heterocycles. The van der Waals surface area contributed by atoms with Crippen molar-refractivity contribution < 1.29 is 15.0 Å². The molecule has 0 spiro atoms. The van der Waals surface area contributed by atoms with Gasteiger partial charge in [0.15, 0.2) is 0 Å². The second-order valence-corrected chi connectivity index (χ2v) is 1.92. The van der Waals surface area contributed by atoms with E-state index in [-0.39, 0.29) is 18.1 Å². The Bertz CT molecular complexity index is 289. The molecule has 1 rings (SSSR count). The first kappa shape index (κ1) is 8.41. The van der Waals surface area contributed by atoms with Gasteiger partial charge in [-0.3, -0.25) is 9.82 Å². The third-order valence-corrected chi connectivity index (χ3v) is 1.17. The minimum Gasteiger partial charge on any atom is -0.390 e. The molecule has 0 fully saturated rings. The van der Waals surface area contributed by atoms with E-state index in [4.69, 9.17) is 5.11 Å². The number of hydrogen-bond acceptors (Lipinski definition) is 5. The minimum absolute atomic E-state index is 0.0370. The van der Waals surface area contributed by atoms with E-state index in [0.29, 0.717) is 0 Å². The van der Waals surface area contributed by atoms with Crippen LogP contribution in [0.3, 0.4) is 0 Å². The molecule has 0 atom stereocenters. The van der Waals surface area contributed by atoms with Crippen LogP contribution in [0.4, 0.5) is 0 Å². The average molecular weight is 170 g/mol. The van der Waals surface area contributed by atoms with Gasteiger partial charge in [-0.25, -0.2) is 0 Å². The van der Waals surface area contributed by atoms with E-state index in [1.807, 2.05) is 0 Å². The van der Waals surface area contributed by atoms with Crippen molar-refractivity contribution in [2.24, 2.45) is 0 Å². The van der Waals surface area contributed by atoms with Crippen LogP contribution >= 0.6 is 0 Å². The van der Waals surface area contributed by atoms with Crippen molar-refractivity contribution >= 4 is 0 Å². The Hall–Kier alpha value is -1.69. The second-order valence-electron chi connectivity index (χ2n) is 1.92. The molecule has 0 aliphatic rings. The lowest BCUT2D eigenvalue weighted by atomic mass is 10.3. The lowest BCUT2D eigenvalue weighted by Gasteiger charge is -2.01. The van der Waals surface area contributed by atoms with Crippen molar-refractivity contribution in [3.63, 3.8) is 0 Å². The first-order valence-electron chi connectivity index (χ1n) is 3.11. The predicted molar refractivity (Wildman–Crippen MR) is 37.8 cm³/mol. The maximum atomic E-state index is 9.91. The average Bonchev–Trinajstić information content (AvgIpc) is 2.04. The normalized spacial score (nSPS) is 9.42. The van der Waals surface area contributed by atoms with Crippen LogP contribution in [0.2, 0.25) is 0 Å². The molecule has 1 aromatic heterocycles. The molecule has 0 radical (unpaired) electrons. The van der Waals surface area contributed by atoms with Crippen molar-refractivity contribution in [2.75, 3.05) is 0 Å². The molecule has 6 heteroatoms. The van der Waals surface area contributed by atoms with Gasteiger partial charge in [0.2, 0.25) is 0 Å². The van der Waals surface area contributed by atoms with E-state index in [0.717, 1.165) is 0 Å². The molecule has 0 aromatic carbocycles. The van der Waals surface area contributed by atoms with Crippen LogP contribution in [0.1, 0.15) is 5.69 Å². The Morgan fingerprint density at radius 2 is 2.50 bits per heavy atom. The highest BCUT2D eigenvalue weighted by Gasteiger charge is 2.05. The third kappa shape index (κ3) is 1.89. The molecule has 0 aliphatic heterocycles. The summed E-state index contributed by atoms with van der Waals surface area (Å²) in [6.45, 7) is -0.385. The Labute approximate surface area is 67.5 Å². The molecule has 64 valence electrons. The molecule has 0 saturated heterocycles. The van der Waals surface area contributed by atoms with Gasteiger partial charge in [0, 0.05) is 6.20 Å². The molecular formula is C6H6N2O4. The zero-order valence-electron chi connectivity index (χ0n) is 6.01. The first-order valence-corrected chi connectivity index (χ1v) is 3.11. The zero-order valence-corrected chi connectivity index (χ0v) is 6.01. The fourth-order valence-electron chi connectivity index (χ4n) is 0.705. The molecule has 1 aromatic rings. The predicted octanol–water partition coefficient (Wildman–Crippen LogP) is 0.144. The maximum Gasteiger partial charge on any atom is 0.299 e. The number of aliphatic hydroxyl groups is 1. The van der Waals surface area contributed by atoms with Crippen molar-refractivity contribution in [2.45, 2.75) is 6.61 Å². The molecule has 1 N–H and O–H groups in total. The Morgan fingerprint density at radius 3 is 3.08 bits per heavy atom. The van der Waals surface area contributed by atoms with E-state index in [2.05, 4.69) is 9.82 Å². The van der Waals surface area contributed by atoms with Gasteiger partial charge in [0.05, 0.1) is 12.3 Å². The van der Waals surface area contributed by atoms with Gasteiger partial charge in [0.25, 0.3) is 5.09 Å². The quantitative estimate of drug-likeness (QED) is 0.515. The van der Waals surface area contributed by atoms with E-state index < -0.39 is 5.09 Å². The summed E-state index contributed by atoms with van der Waals surface area (Å²) in [7, 11) is 0. The molecule has 0 saturated carbocycles. The Balaban J connectivity index is 2.89. The standard InChI is InChI=1S/C6H6N2O4/c9-4-5-6(12-8(10)11)2-1-3-7-5/h1-3,9H,4H2. The molecular weight excluding hydrogens is 164 g/mol. The van der Waals surface area contributed by atoms with Crippen LogP contribution in [-0.4, -0.2) is 15.2 Å². The van der Waals surface area contributed by atoms with Crippen LogP contribution in [0.5, 0.6) is 5.75 Å². The second kappa shape index (κ2) is 3.63. The highest BCUT2D eigenvalue weighted by Crippen LogP contribution is 2.14. The summed E-state index contributed by atoms with van der Waals surface area (Å²) < 4.78 is 0. The Kier molecular flexibility index (Phi) is 2.54. The summed E-state index contributed by atoms with van der Waals surface area (Å²) in [6.07, 6.45) is 1.42. The molecule has 0 amide bonds. The van der Waals surface area contributed by atoms with Crippen LogP contribution in [0, 0.1) is 10.1 Å². The number of rotatable bonds is 3. The lowest BCUT2D eigenvalue weighted by molar-refractivity contribution is -0.711. The van der Waals surface area contributed by atoms with Crippen LogP contribution in [0.25, 0.3) is 0 Å². The van der Waals surface area contributed by atoms with Crippen molar-refractivity contribution in [3.8, 4) is 5.75 Å². The summed E-state index contributed by atoms with van der Waals surface area (Å²) in [4.78, 5) is 17.7. The van der Waals surface area contributed by atoms with E-state index in [9.17, 15) is 10.1 Å². The van der Waals surface area contributed by atoms with Gasteiger partial charge < -0.3 is 5.11 Å². The molecule has 0 bridgehead atoms. The summed E-state index contributed by atoms with van der Waals surface area (Å²) in [5, 5.41) is 17.6. The topological polar surface area (TPSA) is 85.5 Å². The largest absolute Gasteiger partial charge is 0.390 e. The monoisotopic (exact) mass is 170 g/mol.